The minimum absolute atomic E-state index is 0.0966. The van der Waals surface area contributed by atoms with Crippen LogP contribution in [-0.2, 0) is 21.4 Å². The number of hydrogen-bond donors (Lipinski definition) is 1. The summed E-state index contributed by atoms with van der Waals surface area (Å²) in [5, 5.41) is 0. The van der Waals surface area contributed by atoms with Gasteiger partial charge in [0.05, 0.1) is 4.90 Å². The maximum absolute atomic E-state index is 12.4. The molecule has 5 nitrogen and oxygen atoms in total. The van der Waals surface area contributed by atoms with E-state index >= 15 is 0 Å². The van der Waals surface area contributed by atoms with E-state index in [1.165, 1.54) is 0 Å². The molecule has 3 rings (SSSR count). The van der Waals surface area contributed by atoms with Crippen LogP contribution in [0.5, 0.6) is 0 Å². The molecule has 1 heterocycles. The van der Waals surface area contributed by atoms with Crippen molar-refractivity contribution >= 4 is 21.6 Å². The number of hydrogen-bond acceptors (Lipinski definition) is 3. The van der Waals surface area contributed by atoms with E-state index in [0.29, 0.717) is 13.0 Å². The summed E-state index contributed by atoms with van der Waals surface area (Å²) in [6, 6.07) is 14.2. The monoisotopic (exact) mass is 358 g/mol. The maximum atomic E-state index is 12.4. The van der Waals surface area contributed by atoms with Gasteiger partial charge in [-0.2, -0.15) is 0 Å². The molecule has 0 saturated carbocycles. The van der Waals surface area contributed by atoms with Gasteiger partial charge in [-0.15, -0.1) is 0 Å². The Labute approximate surface area is 148 Å². The Balaban J connectivity index is 1.69. The average molecular weight is 358 g/mol. The Morgan fingerprint density at radius 2 is 1.68 bits per heavy atom. The highest BCUT2D eigenvalue weighted by Gasteiger charge is 2.20. The first kappa shape index (κ1) is 17.6. The molecule has 0 radical (unpaired) electrons. The highest BCUT2D eigenvalue weighted by molar-refractivity contribution is 7.89. The third-order valence-corrected chi connectivity index (χ3v) is 5.79. The van der Waals surface area contributed by atoms with Crippen molar-refractivity contribution in [2.75, 3.05) is 11.4 Å². The number of carbonyl (C=O) groups excluding carboxylic acids is 1. The van der Waals surface area contributed by atoms with Crippen LogP contribution in [0, 0.1) is 6.92 Å². The first-order valence-electron chi connectivity index (χ1n) is 8.41. The number of amides is 1. The van der Waals surface area contributed by atoms with E-state index in [2.05, 4.69) is 4.72 Å². The van der Waals surface area contributed by atoms with Crippen LogP contribution in [0.2, 0.25) is 0 Å². The van der Waals surface area contributed by atoms with E-state index in [9.17, 15) is 13.2 Å². The van der Waals surface area contributed by atoms with Gasteiger partial charge in [0.15, 0.2) is 0 Å². The number of sulfonamides is 1. The second-order valence-electron chi connectivity index (χ2n) is 6.31. The molecule has 6 heteroatoms. The number of anilines is 1. The van der Waals surface area contributed by atoms with Crippen molar-refractivity contribution in [2.24, 2.45) is 0 Å². The van der Waals surface area contributed by atoms with Crippen molar-refractivity contribution < 1.29 is 13.2 Å². The third-order valence-electron chi connectivity index (χ3n) is 4.37. The van der Waals surface area contributed by atoms with Crippen molar-refractivity contribution in [3.63, 3.8) is 0 Å². The Morgan fingerprint density at radius 1 is 1.00 bits per heavy atom. The van der Waals surface area contributed by atoms with Gasteiger partial charge in [0.2, 0.25) is 15.9 Å². The van der Waals surface area contributed by atoms with Crippen LogP contribution >= 0.6 is 0 Å². The van der Waals surface area contributed by atoms with E-state index in [0.717, 1.165) is 29.7 Å². The van der Waals surface area contributed by atoms with Gasteiger partial charge in [-0.25, -0.2) is 13.1 Å². The molecule has 0 atom stereocenters. The summed E-state index contributed by atoms with van der Waals surface area (Å²) in [7, 11) is -3.58. The van der Waals surface area contributed by atoms with Gasteiger partial charge in [0.1, 0.15) is 0 Å². The summed E-state index contributed by atoms with van der Waals surface area (Å²) in [4.78, 5) is 13.9. The first-order valence-corrected chi connectivity index (χ1v) is 9.90. The van der Waals surface area contributed by atoms with E-state index in [1.54, 1.807) is 29.2 Å². The summed E-state index contributed by atoms with van der Waals surface area (Å²) in [6.45, 7) is 2.92. The predicted octanol–water partition coefficient (Wildman–Crippen LogP) is 2.99. The average Bonchev–Trinajstić information content (AvgIpc) is 2.62. The molecule has 1 N–H and O–H groups in total. The van der Waals surface area contributed by atoms with Gasteiger partial charge >= 0.3 is 0 Å². The molecule has 1 fully saturated rings. The van der Waals surface area contributed by atoms with Crippen molar-refractivity contribution in [3.8, 4) is 0 Å². The Kier molecular flexibility index (Phi) is 5.20. The van der Waals surface area contributed by atoms with Gasteiger partial charge in [0.25, 0.3) is 0 Å². The third kappa shape index (κ3) is 4.27. The molecule has 2 aromatic rings. The Hall–Kier alpha value is -2.18. The van der Waals surface area contributed by atoms with Crippen LogP contribution in [0.1, 0.15) is 30.4 Å². The van der Waals surface area contributed by atoms with Crippen molar-refractivity contribution in [2.45, 2.75) is 37.6 Å². The molecule has 1 aliphatic rings. The summed E-state index contributed by atoms with van der Waals surface area (Å²) in [6.07, 6.45) is 2.45. The fraction of sp³-hybridized carbons (Fsp3) is 0.316. The Bertz CT molecular complexity index is 843. The lowest BCUT2D eigenvalue weighted by atomic mass is 10.1. The maximum Gasteiger partial charge on any atom is 0.240 e. The molecule has 25 heavy (non-hydrogen) atoms. The summed E-state index contributed by atoms with van der Waals surface area (Å²) < 4.78 is 27.5. The fourth-order valence-electron chi connectivity index (χ4n) is 2.85. The Morgan fingerprint density at radius 3 is 2.32 bits per heavy atom. The molecule has 132 valence electrons. The minimum atomic E-state index is -3.58. The van der Waals surface area contributed by atoms with E-state index in [4.69, 9.17) is 0 Å². The summed E-state index contributed by atoms with van der Waals surface area (Å²) in [5.41, 5.74) is 2.79. The highest BCUT2D eigenvalue weighted by Crippen LogP contribution is 2.22. The fourth-order valence-corrected chi connectivity index (χ4v) is 3.87. The highest BCUT2D eigenvalue weighted by atomic mass is 32.2. The number of nitrogens with one attached hydrogen (secondary N) is 1. The van der Waals surface area contributed by atoms with Crippen LogP contribution < -0.4 is 9.62 Å². The molecule has 2 aromatic carbocycles. The molecule has 1 aliphatic heterocycles. The van der Waals surface area contributed by atoms with Crippen LogP contribution in [-0.4, -0.2) is 20.9 Å². The van der Waals surface area contributed by atoms with Crippen LogP contribution in [0.25, 0.3) is 0 Å². The van der Waals surface area contributed by atoms with Gasteiger partial charge in [-0.05, 0) is 49.6 Å². The van der Waals surface area contributed by atoms with Gasteiger partial charge in [0, 0.05) is 25.2 Å². The minimum Gasteiger partial charge on any atom is -0.312 e. The molecule has 0 unspecified atom stereocenters. The lowest BCUT2D eigenvalue weighted by Gasteiger charge is -2.26. The van der Waals surface area contributed by atoms with Crippen LogP contribution in [0.15, 0.2) is 53.4 Å². The van der Waals surface area contributed by atoms with E-state index < -0.39 is 10.0 Å². The number of rotatable bonds is 5. The molecular formula is C19H22N2O3S. The van der Waals surface area contributed by atoms with Gasteiger partial charge in [-0.3, -0.25) is 4.79 Å². The molecule has 0 aromatic heterocycles. The zero-order valence-corrected chi connectivity index (χ0v) is 15.1. The topological polar surface area (TPSA) is 66.5 Å². The van der Waals surface area contributed by atoms with Crippen molar-refractivity contribution in [1.29, 1.82) is 0 Å². The summed E-state index contributed by atoms with van der Waals surface area (Å²) in [5.74, 6) is 0.0966. The van der Waals surface area contributed by atoms with E-state index in [1.807, 2.05) is 31.2 Å². The SMILES string of the molecule is Cc1ccc(CNS(=O)(=O)c2ccc(N3CCCCC3=O)cc2)cc1. The number of aryl methyl sites for hydroxylation is 1. The second-order valence-corrected chi connectivity index (χ2v) is 8.07. The number of nitrogens with zero attached hydrogens (tertiary/aromatic N) is 1. The van der Waals surface area contributed by atoms with Gasteiger partial charge in [-0.1, -0.05) is 29.8 Å². The van der Waals surface area contributed by atoms with Crippen molar-refractivity contribution in [3.05, 3.63) is 59.7 Å². The van der Waals surface area contributed by atoms with E-state index in [-0.39, 0.29) is 17.3 Å². The predicted molar refractivity (Wildman–Crippen MR) is 97.9 cm³/mol. The molecule has 1 amide bonds. The number of benzene rings is 2. The zero-order valence-electron chi connectivity index (χ0n) is 14.2. The lowest BCUT2D eigenvalue weighted by molar-refractivity contribution is -0.119. The normalized spacial score (nSPS) is 15.4. The largest absolute Gasteiger partial charge is 0.312 e. The standard InChI is InChI=1S/C19H22N2O3S/c1-15-5-7-16(8-6-15)14-20-25(23,24)18-11-9-17(10-12-18)21-13-3-2-4-19(21)22/h5-12,20H,2-4,13-14H2,1H3. The zero-order chi connectivity index (χ0) is 17.9. The molecule has 0 aliphatic carbocycles. The van der Waals surface area contributed by atoms with Crippen molar-refractivity contribution in [1.82, 2.24) is 4.72 Å². The number of carbonyl (C=O) groups is 1. The molecule has 0 bridgehead atoms. The quantitative estimate of drug-likeness (QED) is 0.893. The molecule has 0 spiro atoms. The second kappa shape index (κ2) is 7.37. The van der Waals surface area contributed by atoms with Crippen LogP contribution in [0.4, 0.5) is 5.69 Å². The lowest BCUT2D eigenvalue weighted by Crippen LogP contribution is -2.35. The number of piperidine rings is 1. The molecular weight excluding hydrogens is 336 g/mol. The smallest absolute Gasteiger partial charge is 0.240 e. The van der Waals surface area contributed by atoms with Gasteiger partial charge < -0.3 is 4.90 Å². The molecule has 1 saturated heterocycles. The van der Waals surface area contributed by atoms with Crippen LogP contribution in [0.3, 0.4) is 0 Å². The first-order chi connectivity index (χ1) is 12.0. The summed E-state index contributed by atoms with van der Waals surface area (Å²) >= 11 is 0.